The molecule has 140 valence electrons. The molecule has 0 spiro atoms. The number of nitrogens with one attached hydrogen (secondary N) is 1. The lowest BCUT2D eigenvalue weighted by Gasteiger charge is -2.08. The topological polar surface area (TPSA) is 77.6 Å². The molecule has 2 atom stereocenters. The number of furan rings is 1. The van der Waals surface area contributed by atoms with Gasteiger partial charge in [-0.25, -0.2) is 5.10 Å². The lowest BCUT2D eigenvalue weighted by atomic mass is 10.2. The molecule has 0 saturated heterocycles. The van der Waals surface area contributed by atoms with Gasteiger partial charge in [0.2, 0.25) is 4.77 Å². The average molecular weight is 384 g/mol. The summed E-state index contributed by atoms with van der Waals surface area (Å²) in [6, 6.07) is 9.45. The van der Waals surface area contributed by atoms with E-state index in [1.807, 2.05) is 30.3 Å². The van der Waals surface area contributed by atoms with Crippen LogP contribution in [0.15, 0.2) is 39.9 Å². The van der Waals surface area contributed by atoms with Gasteiger partial charge in [-0.1, -0.05) is 6.92 Å². The van der Waals surface area contributed by atoms with E-state index in [2.05, 4.69) is 22.2 Å². The van der Waals surface area contributed by atoms with Gasteiger partial charge in [-0.05, 0) is 54.9 Å². The van der Waals surface area contributed by atoms with E-state index >= 15 is 0 Å². The van der Waals surface area contributed by atoms with Gasteiger partial charge in [0.1, 0.15) is 11.5 Å². The third-order valence-electron chi connectivity index (χ3n) is 4.72. The second-order valence-corrected chi connectivity index (χ2v) is 6.92. The number of aromatic amines is 1. The number of nitrogens with zero attached hydrogens (tertiary/aromatic N) is 3. The van der Waals surface area contributed by atoms with Crippen LogP contribution in [0.2, 0.25) is 0 Å². The van der Waals surface area contributed by atoms with E-state index in [4.69, 9.17) is 26.1 Å². The Bertz CT molecular complexity index is 1050. The molecule has 1 aliphatic carbocycles. The first-order valence-corrected chi connectivity index (χ1v) is 9.05. The molecule has 0 unspecified atom stereocenters. The van der Waals surface area contributed by atoms with Crippen molar-refractivity contribution in [1.29, 1.82) is 0 Å². The molecule has 8 heteroatoms. The predicted octanol–water partition coefficient (Wildman–Crippen LogP) is 4.22. The molecule has 0 radical (unpaired) electrons. The Morgan fingerprint density at radius 2 is 2.04 bits per heavy atom. The predicted molar refractivity (Wildman–Crippen MR) is 104 cm³/mol. The maximum Gasteiger partial charge on any atom is 0.216 e. The van der Waals surface area contributed by atoms with Crippen molar-refractivity contribution in [2.24, 2.45) is 11.0 Å². The van der Waals surface area contributed by atoms with Crippen LogP contribution in [-0.2, 0) is 0 Å². The van der Waals surface area contributed by atoms with E-state index in [1.54, 1.807) is 25.1 Å². The van der Waals surface area contributed by atoms with Gasteiger partial charge in [-0.3, -0.25) is 0 Å². The summed E-state index contributed by atoms with van der Waals surface area (Å²) in [6.07, 6.45) is 2.83. The first-order chi connectivity index (χ1) is 13.1. The number of hydrogen-bond donors (Lipinski definition) is 1. The first kappa shape index (κ1) is 17.5. The Morgan fingerprint density at radius 3 is 2.74 bits per heavy atom. The summed E-state index contributed by atoms with van der Waals surface area (Å²) in [4.78, 5) is 0. The van der Waals surface area contributed by atoms with Crippen LogP contribution in [0.5, 0.6) is 11.5 Å². The van der Waals surface area contributed by atoms with Crippen LogP contribution in [0.3, 0.4) is 0 Å². The quantitative estimate of drug-likeness (QED) is 0.508. The summed E-state index contributed by atoms with van der Waals surface area (Å²) in [5.41, 5.74) is 0.795. The number of rotatable bonds is 6. The Hall–Kier alpha value is -2.87. The van der Waals surface area contributed by atoms with Crippen molar-refractivity contribution in [1.82, 2.24) is 14.9 Å². The number of aromatic nitrogens is 3. The van der Waals surface area contributed by atoms with E-state index in [0.717, 1.165) is 11.3 Å². The number of H-pyrrole nitrogens is 1. The maximum atomic E-state index is 5.86. The summed E-state index contributed by atoms with van der Waals surface area (Å²) >= 11 is 5.31. The SMILES string of the molecule is COc1ccc(-c2n[nH]c(=S)n2/N=C\c2ccc([C@@H]3C[C@H]3C)o2)cc1OC. The molecule has 0 aliphatic heterocycles. The highest BCUT2D eigenvalue weighted by Crippen LogP contribution is 2.47. The molecule has 0 amide bonds. The molecular weight excluding hydrogens is 364 g/mol. The number of ether oxygens (including phenoxy) is 2. The summed E-state index contributed by atoms with van der Waals surface area (Å²) < 4.78 is 18.4. The van der Waals surface area contributed by atoms with Gasteiger partial charge >= 0.3 is 0 Å². The lowest BCUT2D eigenvalue weighted by molar-refractivity contribution is 0.355. The summed E-state index contributed by atoms with van der Waals surface area (Å²) in [5.74, 6) is 4.74. The largest absolute Gasteiger partial charge is 0.493 e. The zero-order valence-corrected chi connectivity index (χ0v) is 16.1. The molecule has 1 saturated carbocycles. The van der Waals surface area contributed by atoms with Gasteiger partial charge in [-0.15, -0.1) is 0 Å². The minimum atomic E-state index is 0.388. The van der Waals surface area contributed by atoms with Gasteiger partial charge < -0.3 is 13.9 Å². The monoisotopic (exact) mass is 384 g/mol. The zero-order valence-electron chi connectivity index (χ0n) is 15.3. The van der Waals surface area contributed by atoms with Crippen molar-refractivity contribution in [3.8, 4) is 22.9 Å². The van der Waals surface area contributed by atoms with Crippen molar-refractivity contribution < 1.29 is 13.9 Å². The van der Waals surface area contributed by atoms with Gasteiger partial charge in [0, 0.05) is 11.5 Å². The highest BCUT2D eigenvalue weighted by atomic mass is 32.1. The minimum Gasteiger partial charge on any atom is -0.493 e. The Labute approximate surface area is 161 Å². The van der Waals surface area contributed by atoms with E-state index in [-0.39, 0.29) is 0 Å². The van der Waals surface area contributed by atoms with Crippen molar-refractivity contribution in [2.75, 3.05) is 14.2 Å². The molecule has 2 heterocycles. The van der Waals surface area contributed by atoms with E-state index < -0.39 is 0 Å². The highest BCUT2D eigenvalue weighted by molar-refractivity contribution is 7.71. The lowest BCUT2D eigenvalue weighted by Crippen LogP contribution is -1.96. The second kappa shape index (κ2) is 7.03. The van der Waals surface area contributed by atoms with Gasteiger partial charge in [0.25, 0.3) is 0 Å². The van der Waals surface area contributed by atoms with Crippen LogP contribution in [-0.4, -0.2) is 35.3 Å². The Kier molecular flexibility index (Phi) is 4.57. The van der Waals surface area contributed by atoms with E-state index in [0.29, 0.717) is 39.7 Å². The van der Waals surface area contributed by atoms with E-state index in [9.17, 15) is 0 Å². The van der Waals surface area contributed by atoms with Gasteiger partial charge in [0.05, 0.1) is 20.4 Å². The molecule has 0 bridgehead atoms. The van der Waals surface area contributed by atoms with Crippen molar-refractivity contribution in [3.05, 3.63) is 46.6 Å². The fourth-order valence-electron chi connectivity index (χ4n) is 3.03. The number of methoxy groups -OCH3 is 2. The smallest absolute Gasteiger partial charge is 0.216 e. The summed E-state index contributed by atoms with van der Waals surface area (Å²) in [7, 11) is 3.18. The van der Waals surface area contributed by atoms with E-state index in [1.165, 1.54) is 6.42 Å². The molecule has 7 nitrogen and oxygen atoms in total. The molecule has 3 aromatic rings. The fourth-order valence-corrected chi connectivity index (χ4v) is 3.21. The van der Waals surface area contributed by atoms with Gasteiger partial charge in [0.15, 0.2) is 17.3 Å². The standard InChI is InChI=1S/C19H20N4O3S/c1-11-8-14(11)15-7-5-13(26-15)10-20-23-18(21-22-19(23)27)12-4-6-16(24-2)17(9-12)25-3/h4-7,9-11,14H,8H2,1-3H3,(H,22,27)/b20-10-/t11-,14-/m1/s1. The highest BCUT2D eigenvalue weighted by Gasteiger charge is 2.36. The Balaban J connectivity index is 1.64. The average Bonchev–Trinajstić information content (AvgIpc) is 3.07. The third kappa shape index (κ3) is 3.40. The molecule has 1 fully saturated rings. The molecule has 4 rings (SSSR count). The van der Waals surface area contributed by atoms with Crippen molar-refractivity contribution in [3.63, 3.8) is 0 Å². The van der Waals surface area contributed by atoms with Crippen LogP contribution < -0.4 is 9.47 Å². The molecule has 2 aromatic heterocycles. The number of benzene rings is 1. The van der Waals surface area contributed by atoms with Crippen LogP contribution in [0.25, 0.3) is 11.4 Å². The van der Waals surface area contributed by atoms with Crippen LogP contribution in [0.1, 0.15) is 30.8 Å². The normalized spacial score (nSPS) is 18.8. The van der Waals surface area contributed by atoms with Crippen LogP contribution >= 0.6 is 12.2 Å². The first-order valence-electron chi connectivity index (χ1n) is 8.64. The van der Waals surface area contributed by atoms with Crippen LogP contribution in [0.4, 0.5) is 0 Å². The van der Waals surface area contributed by atoms with Gasteiger partial charge in [-0.2, -0.15) is 14.9 Å². The summed E-state index contributed by atoms with van der Waals surface area (Å²) in [5, 5.41) is 11.5. The molecule has 1 N–H and O–H groups in total. The minimum absolute atomic E-state index is 0.388. The molecule has 1 aromatic carbocycles. The van der Waals surface area contributed by atoms with Crippen molar-refractivity contribution >= 4 is 18.4 Å². The molecular formula is C19H20N4O3S. The molecule has 27 heavy (non-hydrogen) atoms. The second-order valence-electron chi connectivity index (χ2n) is 6.54. The zero-order chi connectivity index (χ0) is 19.0. The summed E-state index contributed by atoms with van der Waals surface area (Å²) in [6.45, 7) is 2.22. The fraction of sp³-hybridized carbons (Fsp3) is 0.316. The molecule has 1 aliphatic rings. The van der Waals surface area contributed by atoms with Crippen molar-refractivity contribution in [2.45, 2.75) is 19.3 Å². The maximum absolute atomic E-state index is 5.86. The number of hydrogen-bond acceptors (Lipinski definition) is 6. The van der Waals surface area contributed by atoms with Crippen LogP contribution in [0, 0.1) is 10.7 Å². The Morgan fingerprint density at radius 1 is 1.26 bits per heavy atom. The third-order valence-corrected chi connectivity index (χ3v) is 4.98.